The van der Waals surface area contributed by atoms with Crippen molar-refractivity contribution in [1.29, 1.82) is 0 Å². The Morgan fingerprint density at radius 3 is 2.55 bits per heavy atom. The molecule has 2 aliphatic carbocycles. The van der Waals surface area contributed by atoms with Crippen LogP contribution in [0.15, 0.2) is 42.5 Å². The fourth-order valence-electron chi connectivity index (χ4n) is 5.97. The zero-order valence-electron chi connectivity index (χ0n) is 26.6. The molecule has 1 aliphatic heterocycles. The van der Waals surface area contributed by atoms with Crippen LogP contribution in [0.25, 0.3) is 22.2 Å². The number of carbonyl (C=O) groups excluding carboxylic acids is 2. The number of ether oxygens (including phenoxy) is 4. The van der Waals surface area contributed by atoms with Gasteiger partial charge >= 0.3 is 6.29 Å². The van der Waals surface area contributed by atoms with Crippen LogP contribution in [-0.2, 0) is 16.8 Å². The number of benzene rings is 2. The number of aryl methyl sites for hydroxylation is 1. The highest BCUT2D eigenvalue weighted by atomic mass is 35.5. The number of carbonyl (C=O) groups is 2. The topological polar surface area (TPSA) is 155 Å². The Labute approximate surface area is 284 Å². The third kappa shape index (κ3) is 6.64. The number of alkyl halides is 2. The van der Waals surface area contributed by atoms with Gasteiger partial charge in [0.1, 0.15) is 33.5 Å². The number of aromatic nitrogens is 2. The van der Waals surface area contributed by atoms with E-state index in [1.54, 1.807) is 25.1 Å². The lowest BCUT2D eigenvalue weighted by atomic mass is 9.90. The molecule has 14 heteroatoms. The maximum absolute atomic E-state index is 13.8. The van der Waals surface area contributed by atoms with Gasteiger partial charge in [-0.15, -0.1) is 8.78 Å². The van der Waals surface area contributed by atoms with Crippen LogP contribution in [0.1, 0.15) is 59.8 Å². The molecule has 11 nitrogen and oxygen atoms in total. The van der Waals surface area contributed by atoms with Crippen molar-refractivity contribution in [1.82, 2.24) is 15.3 Å². The van der Waals surface area contributed by atoms with Crippen LogP contribution in [0, 0.1) is 12.8 Å². The molecule has 3 heterocycles. The molecule has 2 fully saturated rings. The summed E-state index contributed by atoms with van der Waals surface area (Å²) in [5, 5.41) is 16.2. The minimum atomic E-state index is -3.83. The summed E-state index contributed by atoms with van der Waals surface area (Å²) in [6, 6.07) is 10.8. The van der Waals surface area contributed by atoms with Crippen LogP contribution < -0.4 is 30.0 Å². The van der Waals surface area contributed by atoms with Crippen molar-refractivity contribution < 1.29 is 42.4 Å². The number of pyridine rings is 2. The average molecular weight is 695 g/mol. The number of nitrogens with zero attached hydrogens (tertiary/aromatic N) is 2. The van der Waals surface area contributed by atoms with Crippen LogP contribution in [0.5, 0.6) is 23.0 Å². The van der Waals surface area contributed by atoms with Crippen molar-refractivity contribution in [3.8, 4) is 34.3 Å². The monoisotopic (exact) mass is 694 g/mol. The third-order valence-corrected chi connectivity index (χ3v) is 9.07. The van der Waals surface area contributed by atoms with Crippen molar-refractivity contribution in [2.75, 3.05) is 13.2 Å². The number of primary amides is 1. The number of nitrogens with two attached hydrogens (primary N) is 1. The number of aliphatic hydroxyl groups is 1. The average Bonchev–Trinajstić information content (AvgIpc) is 3.98. The van der Waals surface area contributed by atoms with E-state index in [1.807, 2.05) is 13.0 Å². The molecule has 4 N–H and O–H groups in total. The normalized spacial score (nSPS) is 17.4. The first-order valence-electron chi connectivity index (χ1n) is 16.0. The second-order valence-electron chi connectivity index (χ2n) is 12.6. The molecule has 0 bridgehead atoms. The number of rotatable bonds is 12. The van der Waals surface area contributed by atoms with Gasteiger partial charge in [0.25, 0.3) is 5.91 Å². The number of nitrogens with one attached hydrogen (secondary N) is 1. The summed E-state index contributed by atoms with van der Waals surface area (Å²) in [5.41, 5.74) is 6.48. The largest absolute Gasteiger partial charge is 0.586 e. The van der Waals surface area contributed by atoms with E-state index in [0.717, 1.165) is 18.4 Å². The molecule has 49 heavy (non-hydrogen) atoms. The van der Waals surface area contributed by atoms with Crippen molar-refractivity contribution in [3.05, 3.63) is 70.0 Å². The van der Waals surface area contributed by atoms with Crippen LogP contribution in [0.4, 0.5) is 8.78 Å². The number of halogens is 3. The van der Waals surface area contributed by atoms with E-state index in [9.17, 15) is 23.5 Å². The highest BCUT2D eigenvalue weighted by molar-refractivity contribution is 6.30. The molecule has 1 atom stereocenters. The molecule has 2 aromatic heterocycles. The van der Waals surface area contributed by atoms with E-state index in [1.165, 1.54) is 18.2 Å². The summed E-state index contributed by atoms with van der Waals surface area (Å²) >= 11 is 6.31. The molecular formula is C35H33ClF2N4O7. The molecule has 256 valence electrons. The zero-order chi connectivity index (χ0) is 34.7. The lowest BCUT2D eigenvalue weighted by Crippen LogP contribution is -2.43. The van der Waals surface area contributed by atoms with Crippen LogP contribution in [-0.4, -0.2) is 52.4 Å². The molecule has 7 rings (SSSR count). The molecule has 2 aromatic carbocycles. The highest BCUT2D eigenvalue weighted by Gasteiger charge is 2.47. The molecule has 0 radical (unpaired) electrons. The van der Waals surface area contributed by atoms with Gasteiger partial charge in [0.2, 0.25) is 5.91 Å². The molecule has 0 saturated heterocycles. The third-order valence-electron chi connectivity index (χ3n) is 8.68. The molecular weight excluding hydrogens is 662 g/mol. The highest BCUT2D eigenvalue weighted by Crippen LogP contribution is 2.48. The Hall–Kier alpha value is -4.75. The number of fused-ring (bicyclic) bond motifs is 2. The predicted octanol–water partition coefficient (Wildman–Crippen LogP) is 5.58. The van der Waals surface area contributed by atoms with Gasteiger partial charge in [0, 0.05) is 22.1 Å². The minimum absolute atomic E-state index is 0.0409. The van der Waals surface area contributed by atoms with E-state index in [2.05, 4.69) is 19.8 Å². The van der Waals surface area contributed by atoms with Crippen LogP contribution in [0.3, 0.4) is 0 Å². The molecule has 2 saturated carbocycles. The first kappa shape index (κ1) is 32.8. The second-order valence-corrected chi connectivity index (χ2v) is 12.9. The number of amides is 2. The maximum Gasteiger partial charge on any atom is 0.586 e. The summed E-state index contributed by atoms with van der Waals surface area (Å²) < 4.78 is 48.9. The van der Waals surface area contributed by atoms with E-state index in [0.29, 0.717) is 51.3 Å². The Morgan fingerprint density at radius 1 is 1.10 bits per heavy atom. The van der Waals surface area contributed by atoms with E-state index in [-0.39, 0.29) is 60.2 Å². The van der Waals surface area contributed by atoms with Gasteiger partial charge in [-0.05, 0) is 93.5 Å². The van der Waals surface area contributed by atoms with Gasteiger partial charge in [-0.25, -0.2) is 9.97 Å². The molecule has 3 aliphatic rings. The second kappa shape index (κ2) is 12.3. The Kier molecular flexibility index (Phi) is 8.22. The molecule has 2 amide bonds. The lowest BCUT2D eigenvalue weighted by Gasteiger charge is -2.30. The van der Waals surface area contributed by atoms with Crippen molar-refractivity contribution in [2.24, 2.45) is 11.7 Å². The molecule has 4 aromatic rings. The van der Waals surface area contributed by atoms with E-state index < -0.39 is 23.7 Å². The van der Waals surface area contributed by atoms with Gasteiger partial charge < -0.3 is 35.1 Å². The van der Waals surface area contributed by atoms with E-state index >= 15 is 0 Å². The molecule has 0 unspecified atom stereocenters. The number of hydrogen-bond acceptors (Lipinski definition) is 9. The summed E-state index contributed by atoms with van der Waals surface area (Å²) in [5.74, 6) is -1.14. The van der Waals surface area contributed by atoms with Crippen molar-refractivity contribution in [2.45, 2.75) is 64.0 Å². The van der Waals surface area contributed by atoms with Crippen molar-refractivity contribution in [3.63, 3.8) is 0 Å². The maximum atomic E-state index is 13.8. The fraction of sp³-hybridized carbons (Fsp3) is 0.371. The van der Waals surface area contributed by atoms with Crippen LogP contribution in [0.2, 0.25) is 5.15 Å². The Bertz CT molecular complexity index is 2000. The fourth-order valence-corrected chi connectivity index (χ4v) is 6.11. The minimum Gasteiger partial charge on any atom is -0.491 e. The Balaban J connectivity index is 1.25. The summed E-state index contributed by atoms with van der Waals surface area (Å²) in [4.78, 5) is 35.2. The van der Waals surface area contributed by atoms with Gasteiger partial charge in [-0.3, -0.25) is 9.59 Å². The SMILES string of the molecule is CCOc1c(CC(N)=O)cc([C@@](O)(CNC(=O)c2cc(OC3CC3)c3nc(Cl)c(C)cc3c2)C2CC2)nc1-c1ccc2c(c1)OC(F)(F)O2. The Morgan fingerprint density at radius 2 is 1.86 bits per heavy atom. The summed E-state index contributed by atoms with van der Waals surface area (Å²) in [7, 11) is 0. The zero-order valence-corrected chi connectivity index (χ0v) is 27.4. The summed E-state index contributed by atoms with van der Waals surface area (Å²) in [6.07, 6.45) is -0.938. The van der Waals surface area contributed by atoms with Crippen molar-refractivity contribution >= 4 is 34.3 Å². The van der Waals surface area contributed by atoms with Gasteiger partial charge in [-0.1, -0.05) is 11.6 Å². The smallest absolute Gasteiger partial charge is 0.491 e. The first-order chi connectivity index (χ1) is 23.3. The molecule has 0 spiro atoms. The van der Waals surface area contributed by atoms with Gasteiger partial charge in [-0.2, -0.15) is 0 Å². The standard InChI is InChI=1S/C35H33ClF2N4O7/c1-3-46-31-20(15-28(39)43)14-27(41-30(31)18-4-9-24-25(12-18)49-35(37,38)48-24)34(45,22-5-6-22)16-40-33(44)21-11-19-10-17(2)32(36)42-29(19)26(13-21)47-23-7-8-23/h4,9-14,22-23,45H,3,5-8,15-16H2,1-2H3,(H2,39,43)(H,40,44)/t34-/m1/s1. The van der Waals surface area contributed by atoms with Gasteiger partial charge in [0.15, 0.2) is 11.5 Å². The van der Waals surface area contributed by atoms with E-state index in [4.69, 9.17) is 31.8 Å². The van der Waals surface area contributed by atoms with Crippen LogP contribution >= 0.6 is 11.6 Å². The number of hydrogen-bond donors (Lipinski definition) is 3. The summed E-state index contributed by atoms with van der Waals surface area (Å²) in [6.45, 7) is 3.52. The first-order valence-corrected chi connectivity index (χ1v) is 16.3. The van der Waals surface area contributed by atoms with Gasteiger partial charge in [0.05, 0.1) is 31.4 Å². The quantitative estimate of drug-likeness (QED) is 0.161. The predicted molar refractivity (Wildman–Crippen MR) is 174 cm³/mol. The lowest BCUT2D eigenvalue weighted by molar-refractivity contribution is -0.286.